The van der Waals surface area contributed by atoms with Gasteiger partial charge in [-0.25, -0.2) is 4.98 Å². The molecule has 2 aromatic carbocycles. The number of aromatic nitrogens is 1. The van der Waals surface area contributed by atoms with Gasteiger partial charge in [-0.15, -0.1) is 11.3 Å². The number of rotatable bonds is 6. The van der Waals surface area contributed by atoms with E-state index >= 15 is 0 Å². The van der Waals surface area contributed by atoms with Gasteiger partial charge in [-0.05, 0) is 23.1 Å². The number of hydrogen-bond donors (Lipinski definition) is 1. The van der Waals surface area contributed by atoms with E-state index < -0.39 is 4.92 Å². The Morgan fingerprint density at radius 1 is 1.14 bits per heavy atom. The quantitative estimate of drug-likeness (QED) is 0.453. The second kappa shape index (κ2) is 8.40. The first kappa shape index (κ1) is 20.5. The maximum absolute atomic E-state index is 12.1. The van der Waals surface area contributed by atoms with Crippen LogP contribution in [0.2, 0.25) is 0 Å². The largest absolute Gasteiger partial charge is 0.484 e. The highest BCUT2D eigenvalue weighted by molar-refractivity contribution is 7.14. The smallest absolute Gasteiger partial charge is 0.269 e. The van der Waals surface area contributed by atoms with Crippen molar-refractivity contribution in [3.63, 3.8) is 0 Å². The number of hydrogen-bond acceptors (Lipinski definition) is 6. The first-order valence-electron chi connectivity index (χ1n) is 8.96. The van der Waals surface area contributed by atoms with Crippen LogP contribution in [0.4, 0.5) is 10.8 Å². The van der Waals surface area contributed by atoms with Gasteiger partial charge in [0.15, 0.2) is 11.7 Å². The SMILES string of the molecule is CC(C)(C)c1ccc(-c2csc(NC(=O)COc3ccc([N+](=O)[O-])cc3)n2)cc1. The predicted octanol–water partition coefficient (Wildman–Crippen LogP) is 5.03. The number of non-ortho nitro benzene ring substituents is 1. The number of ether oxygens (including phenoxy) is 1. The average molecular weight is 411 g/mol. The maximum Gasteiger partial charge on any atom is 0.269 e. The molecule has 8 heteroatoms. The molecule has 0 fully saturated rings. The van der Waals surface area contributed by atoms with Crippen LogP contribution in [0.15, 0.2) is 53.9 Å². The number of thiazole rings is 1. The van der Waals surface area contributed by atoms with Crippen molar-refractivity contribution in [1.82, 2.24) is 4.98 Å². The third-order valence-corrected chi connectivity index (χ3v) is 4.97. The van der Waals surface area contributed by atoms with Crippen molar-refractivity contribution >= 4 is 28.1 Å². The molecule has 0 aliphatic heterocycles. The third-order valence-electron chi connectivity index (χ3n) is 4.21. The van der Waals surface area contributed by atoms with Crippen molar-refractivity contribution in [2.24, 2.45) is 0 Å². The number of nitrogens with one attached hydrogen (secondary N) is 1. The molecule has 29 heavy (non-hydrogen) atoms. The van der Waals surface area contributed by atoms with Crippen LogP contribution in [0.5, 0.6) is 5.75 Å². The highest BCUT2D eigenvalue weighted by Gasteiger charge is 2.14. The summed E-state index contributed by atoms with van der Waals surface area (Å²) in [6, 6.07) is 13.8. The van der Waals surface area contributed by atoms with Crippen LogP contribution in [0.25, 0.3) is 11.3 Å². The molecule has 0 bridgehead atoms. The van der Waals surface area contributed by atoms with Crippen LogP contribution in [0.3, 0.4) is 0 Å². The molecule has 7 nitrogen and oxygen atoms in total. The van der Waals surface area contributed by atoms with Crippen LogP contribution >= 0.6 is 11.3 Å². The zero-order valence-electron chi connectivity index (χ0n) is 16.3. The van der Waals surface area contributed by atoms with Crippen LogP contribution in [-0.2, 0) is 10.2 Å². The van der Waals surface area contributed by atoms with E-state index in [9.17, 15) is 14.9 Å². The summed E-state index contributed by atoms with van der Waals surface area (Å²) in [7, 11) is 0. The molecular weight excluding hydrogens is 390 g/mol. The molecule has 0 aliphatic rings. The predicted molar refractivity (Wildman–Crippen MR) is 113 cm³/mol. The summed E-state index contributed by atoms with van der Waals surface area (Å²) in [5, 5.41) is 15.7. The van der Waals surface area contributed by atoms with E-state index in [0.29, 0.717) is 10.9 Å². The van der Waals surface area contributed by atoms with Gasteiger partial charge >= 0.3 is 0 Å². The number of nitro benzene ring substituents is 1. The lowest BCUT2D eigenvalue weighted by molar-refractivity contribution is -0.384. The zero-order chi connectivity index (χ0) is 21.0. The van der Waals surface area contributed by atoms with Gasteiger partial charge in [0.25, 0.3) is 11.6 Å². The first-order valence-corrected chi connectivity index (χ1v) is 9.84. The molecule has 0 spiro atoms. The van der Waals surface area contributed by atoms with Crippen LogP contribution in [0.1, 0.15) is 26.3 Å². The Balaban J connectivity index is 1.56. The Labute approximate surface area is 172 Å². The lowest BCUT2D eigenvalue weighted by Gasteiger charge is -2.18. The van der Waals surface area contributed by atoms with E-state index in [2.05, 4.69) is 43.2 Å². The highest BCUT2D eigenvalue weighted by atomic mass is 32.1. The third kappa shape index (κ3) is 5.39. The summed E-state index contributed by atoms with van der Waals surface area (Å²) in [6.07, 6.45) is 0. The van der Waals surface area contributed by atoms with Crippen LogP contribution in [0, 0.1) is 10.1 Å². The van der Waals surface area contributed by atoms with Gasteiger partial charge in [0.05, 0.1) is 10.6 Å². The Kier molecular flexibility index (Phi) is 5.93. The molecule has 0 saturated heterocycles. The van der Waals surface area contributed by atoms with E-state index in [4.69, 9.17) is 4.74 Å². The second-order valence-corrected chi connectivity index (χ2v) is 8.31. The minimum atomic E-state index is -0.493. The number of nitrogens with zero attached hydrogens (tertiary/aromatic N) is 2. The molecule has 0 unspecified atom stereocenters. The number of nitro groups is 1. The van der Waals surface area contributed by atoms with Crippen molar-refractivity contribution in [1.29, 1.82) is 0 Å². The normalized spacial score (nSPS) is 11.1. The second-order valence-electron chi connectivity index (χ2n) is 7.45. The summed E-state index contributed by atoms with van der Waals surface area (Å²) >= 11 is 1.34. The van der Waals surface area contributed by atoms with Gasteiger partial charge in [-0.3, -0.25) is 20.2 Å². The van der Waals surface area contributed by atoms with E-state index in [0.717, 1.165) is 11.3 Å². The van der Waals surface area contributed by atoms with Crippen molar-refractivity contribution < 1.29 is 14.5 Å². The maximum atomic E-state index is 12.1. The molecule has 3 aromatic rings. The standard InChI is InChI=1S/C21H21N3O4S/c1-21(2,3)15-6-4-14(5-7-15)18-13-29-20(22-18)23-19(25)12-28-17-10-8-16(9-11-17)24(26)27/h4-11,13H,12H2,1-3H3,(H,22,23,25). The van der Waals surface area contributed by atoms with E-state index in [1.54, 1.807) is 0 Å². The highest BCUT2D eigenvalue weighted by Crippen LogP contribution is 2.28. The molecule has 0 radical (unpaired) electrons. The number of anilines is 1. The molecule has 1 aromatic heterocycles. The van der Waals surface area contributed by atoms with E-state index in [1.807, 2.05) is 17.5 Å². The van der Waals surface area contributed by atoms with Gasteiger partial charge in [0, 0.05) is 23.1 Å². The summed E-state index contributed by atoms with van der Waals surface area (Å²) in [6.45, 7) is 6.28. The van der Waals surface area contributed by atoms with E-state index in [-0.39, 0.29) is 23.6 Å². The Bertz CT molecular complexity index is 1010. The molecule has 0 aliphatic carbocycles. The minimum absolute atomic E-state index is 0.0346. The van der Waals surface area contributed by atoms with E-state index in [1.165, 1.54) is 41.2 Å². The lowest BCUT2D eigenvalue weighted by atomic mass is 9.86. The topological polar surface area (TPSA) is 94.4 Å². The van der Waals surface area contributed by atoms with Crippen LogP contribution in [-0.4, -0.2) is 22.4 Å². The first-order chi connectivity index (χ1) is 13.7. The van der Waals surface area contributed by atoms with Crippen LogP contribution < -0.4 is 10.1 Å². The molecule has 1 N–H and O–H groups in total. The fraction of sp³-hybridized carbons (Fsp3) is 0.238. The summed E-state index contributed by atoms with van der Waals surface area (Å²) in [4.78, 5) is 26.7. The molecule has 0 atom stereocenters. The summed E-state index contributed by atoms with van der Waals surface area (Å²) in [5.41, 5.74) is 3.07. The monoisotopic (exact) mass is 411 g/mol. The Hall–Kier alpha value is -3.26. The number of carbonyl (C=O) groups excluding carboxylic acids is 1. The number of amides is 1. The van der Waals surface area contributed by atoms with Gasteiger partial charge in [-0.2, -0.15) is 0 Å². The molecule has 1 heterocycles. The number of benzene rings is 2. The molecule has 3 rings (SSSR count). The fourth-order valence-corrected chi connectivity index (χ4v) is 3.31. The molecular formula is C21H21N3O4S. The van der Waals surface area contributed by atoms with Crippen molar-refractivity contribution in [2.75, 3.05) is 11.9 Å². The van der Waals surface area contributed by atoms with Crippen molar-refractivity contribution in [3.8, 4) is 17.0 Å². The Morgan fingerprint density at radius 3 is 2.38 bits per heavy atom. The fourth-order valence-electron chi connectivity index (χ4n) is 2.57. The average Bonchev–Trinajstić information content (AvgIpc) is 3.14. The number of carbonyl (C=O) groups is 1. The van der Waals surface area contributed by atoms with Crippen molar-refractivity contribution in [3.05, 3.63) is 69.6 Å². The Morgan fingerprint density at radius 2 is 1.79 bits per heavy atom. The van der Waals surface area contributed by atoms with Gasteiger partial charge in [0.2, 0.25) is 0 Å². The zero-order valence-corrected chi connectivity index (χ0v) is 17.2. The molecule has 150 valence electrons. The minimum Gasteiger partial charge on any atom is -0.484 e. The van der Waals surface area contributed by atoms with Gasteiger partial charge < -0.3 is 4.74 Å². The summed E-state index contributed by atoms with van der Waals surface area (Å²) < 4.78 is 5.35. The molecule has 0 saturated carbocycles. The van der Waals surface area contributed by atoms with Gasteiger partial charge in [0.1, 0.15) is 5.75 Å². The lowest BCUT2D eigenvalue weighted by Crippen LogP contribution is -2.20. The molecule has 1 amide bonds. The summed E-state index contributed by atoms with van der Waals surface area (Å²) in [5.74, 6) is 0.0249. The van der Waals surface area contributed by atoms with Gasteiger partial charge in [-0.1, -0.05) is 45.0 Å². The van der Waals surface area contributed by atoms with Crippen molar-refractivity contribution in [2.45, 2.75) is 26.2 Å².